The first-order valence-electron chi connectivity index (χ1n) is 3.05. The maximum Gasteiger partial charge on any atom is 0.241 e. The molecule has 0 fully saturated rings. The van der Waals surface area contributed by atoms with Gasteiger partial charge in [-0.15, -0.1) is 0 Å². The maximum atomic E-state index is 10.8. The molecule has 0 spiro atoms. The molecule has 11 heavy (non-hydrogen) atoms. The molecule has 60 valence electrons. The van der Waals surface area contributed by atoms with Gasteiger partial charge < -0.3 is 0 Å². The minimum absolute atomic E-state index is 0.133. The Morgan fingerprint density at radius 2 is 2.45 bits per heavy atom. The number of carbonyl (C=O) groups is 2. The zero-order chi connectivity index (χ0) is 8.69. The van der Waals surface area contributed by atoms with E-state index in [1.807, 2.05) is 6.07 Å². The van der Waals surface area contributed by atoms with Gasteiger partial charge in [0.1, 0.15) is 0 Å². The fourth-order valence-corrected chi connectivity index (χ4v) is 0.482. The third kappa shape index (κ3) is 3.92. The van der Waals surface area contributed by atoms with Gasteiger partial charge in [0.15, 0.2) is 0 Å². The highest BCUT2D eigenvalue weighted by Crippen LogP contribution is 1.90. The van der Waals surface area contributed by atoms with Gasteiger partial charge in [0.25, 0.3) is 0 Å². The first kappa shape index (κ1) is 9.43. The predicted molar refractivity (Wildman–Crippen MR) is 36.8 cm³/mol. The van der Waals surface area contributed by atoms with E-state index in [4.69, 9.17) is 5.26 Å². The van der Waals surface area contributed by atoms with Gasteiger partial charge in [0.05, 0.1) is 6.07 Å². The monoisotopic (exact) mass is 155 g/mol. The average Bonchev–Trinajstić information content (AvgIpc) is 2.00. The number of hydrogen-bond acceptors (Lipinski definition) is 3. The van der Waals surface area contributed by atoms with Crippen molar-refractivity contribution in [3.8, 4) is 6.07 Å². The Bertz CT molecular complexity index is 185. The molecule has 0 aliphatic rings. The van der Waals surface area contributed by atoms with E-state index in [-0.39, 0.29) is 18.7 Å². The van der Waals surface area contributed by atoms with Gasteiger partial charge in [-0.25, -0.2) is 0 Å². The van der Waals surface area contributed by atoms with E-state index >= 15 is 0 Å². The number of carbonyl (C=O) groups excluding carboxylic acids is 2. The number of nitrogens with one attached hydrogen (secondary N) is 1. The van der Waals surface area contributed by atoms with Gasteiger partial charge in [0.2, 0.25) is 12.3 Å². The summed E-state index contributed by atoms with van der Waals surface area (Å²) in [6.07, 6.45) is 0.710. The van der Waals surface area contributed by atoms with Crippen LogP contribution in [0.4, 0.5) is 0 Å². The van der Waals surface area contributed by atoms with Gasteiger partial charge in [-0.1, -0.05) is 0 Å². The van der Waals surface area contributed by atoms with Crippen molar-refractivity contribution in [2.75, 3.05) is 7.05 Å². The molecule has 0 aromatic carbocycles. The molecule has 0 aliphatic heterocycles. The molecule has 0 unspecified atom stereocenters. The molecule has 0 radical (unpaired) electrons. The smallest absolute Gasteiger partial charge is 0.241 e. The highest BCUT2D eigenvalue weighted by molar-refractivity contribution is 5.76. The van der Waals surface area contributed by atoms with Gasteiger partial charge >= 0.3 is 0 Å². The van der Waals surface area contributed by atoms with Crippen LogP contribution in [-0.4, -0.2) is 24.4 Å². The van der Waals surface area contributed by atoms with Crippen molar-refractivity contribution < 1.29 is 9.59 Å². The molecule has 0 saturated carbocycles. The van der Waals surface area contributed by atoms with E-state index in [0.29, 0.717) is 6.41 Å². The number of hydrazine groups is 1. The van der Waals surface area contributed by atoms with E-state index in [1.54, 1.807) is 0 Å². The molecule has 0 heterocycles. The quantitative estimate of drug-likeness (QED) is 0.435. The molecule has 5 nitrogen and oxygen atoms in total. The molecule has 2 amide bonds. The van der Waals surface area contributed by atoms with E-state index in [9.17, 15) is 9.59 Å². The van der Waals surface area contributed by atoms with Crippen molar-refractivity contribution in [1.82, 2.24) is 10.4 Å². The standard InChI is InChI=1S/C6H9N3O2/c1-9(8-5-10)6(11)3-2-4-7/h5H,2-3H2,1H3,(H,8,10). The summed E-state index contributed by atoms with van der Waals surface area (Å²) in [4.78, 5) is 20.7. The molecule has 0 bridgehead atoms. The van der Waals surface area contributed by atoms with E-state index in [1.165, 1.54) is 7.05 Å². The van der Waals surface area contributed by atoms with Crippen LogP contribution in [0.1, 0.15) is 12.8 Å². The summed E-state index contributed by atoms with van der Waals surface area (Å²) < 4.78 is 0. The second-order valence-electron chi connectivity index (χ2n) is 1.86. The number of hydrogen-bond donors (Lipinski definition) is 1. The van der Waals surface area contributed by atoms with Crippen LogP contribution in [-0.2, 0) is 9.59 Å². The predicted octanol–water partition coefficient (Wildman–Crippen LogP) is -0.590. The second-order valence-corrected chi connectivity index (χ2v) is 1.86. The Balaban J connectivity index is 3.65. The average molecular weight is 155 g/mol. The largest absolute Gasteiger partial charge is 0.277 e. The molecule has 0 rings (SSSR count). The van der Waals surface area contributed by atoms with Crippen LogP contribution in [0.3, 0.4) is 0 Å². The van der Waals surface area contributed by atoms with Crippen molar-refractivity contribution in [3.63, 3.8) is 0 Å². The molecule has 0 aromatic heterocycles. The lowest BCUT2D eigenvalue weighted by Crippen LogP contribution is -2.38. The zero-order valence-corrected chi connectivity index (χ0v) is 6.20. The summed E-state index contributed by atoms with van der Waals surface area (Å²) in [5, 5.41) is 9.16. The van der Waals surface area contributed by atoms with Crippen LogP contribution in [0.15, 0.2) is 0 Å². The van der Waals surface area contributed by atoms with Gasteiger partial charge in [-0.3, -0.25) is 20.0 Å². The van der Waals surface area contributed by atoms with Crippen molar-refractivity contribution in [2.24, 2.45) is 0 Å². The van der Waals surface area contributed by atoms with Crippen molar-refractivity contribution >= 4 is 12.3 Å². The zero-order valence-electron chi connectivity index (χ0n) is 6.20. The van der Waals surface area contributed by atoms with Crippen LogP contribution in [0, 0.1) is 11.3 Å². The van der Waals surface area contributed by atoms with Crippen molar-refractivity contribution in [2.45, 2.75) is 12.8 Å². The highest BCUT2D eigenvalue weighted by Gasteiger charge is 2.05. The summed E-state index contributed by atoms with van der Waals surface area (Å²) >= 11 is 0. The number of nitriles is 1. The minimum atomic E-state index is -0.279. The van der Waals surface area contributed by atoms with Gasteiger partial charge in [-0.05, 0) is 0 Å². The lowest BCUT2D eigenvalue weighted by molar-refractivity contribution is -0.135. The van der Waals surface area contributed by atoms with Crippen molar-refractivity contribution in [1.29, 1.82) is 5.26 Å². The number of nitrogens with zero attached hydrogens (tertiary/aromatic N) is 2. The molecule has 0 aliphatic carbocycles. The highest BCUT2D eigenvalue weighted by atomic mass is 16.2. The Morgan fingerprint density at radius 3 is 2.91 bits per heavy atom. The normalized spacial score (nSPS) is 8.00. The van der Waals surface area contributed by atoms with E-state index in [0.717, 1.165) is 5.01 Å². The summed E-state index contributed by atoms with van der Waals surface area (Å²) in [7, 11) is 1.42. The third-order valence-electron chi connectivity index (χ3n) is 1.07. The topological polar surface area (TPSA) is 73.2 Å². The molecule has 5 heteroatoms. The summed E-state index contributed by atoms with van der Waals surface area (Å²) in [5.74, 6) is -0.279. The third-order valence-corrected chi connectivity index (χ3v) is 1.07. The van der Waals surface area contributed by atoms with Gasteiger partial charge in [-0.2, -0.15) is 5.26 Å². The molecule has 0 aromatic rings. The SMILES string of the molecule is CN(NC=O)C(=O)CCC#N. The van der Waals surface area contributed by atoms with E-state index < -0.39 is 0 Å². The van der Waals surface area contributed by atoms with Crippen LogP contribution in [0.5, 0.6) is 0 Å². The first-order valence-corrected chi connectivity index (χ1v) is 3.05. The summed E-state index contributed by atoms with van der Waals surface area (Å²) in [5.41, 5.74) is 2.15. The van der Waals surface area contributed by atoms with Crippen LogP contribution < -0.4 is 5.43 Å². The summed E-state index contributed by atoms with van der Waals surface area (Å²) in [6.45, 7) is 0. The fourth-order valence-electron chi connectivity index (χ4n) is 0.482. The lowest BCUT2D eigenvalue weighted by Gasteiger charge is -2.13. The van der Waals surface area contributed by atoms with Crippen molar-refractivity contribution in [3.05, 3.63) is 0 Å². The molecular formula is C6H9N3O2. The Labute approximate surface area is 64.6 Å². The lowest BCUT2D eigenvalue weighted by atomic mass is 10.3. The Morgan fingerprint density at radius 1 is 1.82 bits per heavy atom. The minimum Gasteiger partial charge on any atom is -0.277 e. The fraction of sp³-hybridized carbons (Fsp3) is 0.500. The molecular weight excluding hydrogens is 146 g/mol. The summed E-state index contributed by atoms with van der Waals surface area (Å²) in [6, 6.07) is 1.83. The first-order chi connectivity index (χ1) is 5.22. The van der Waals surface area contributed by atoms with Gasteiger partial charge in [0, 0.05) is 19.9 Å². The van der Waals surface area contributed by atoms with Crippen LogP contribution in [0.25, 0.3) is 0 Å². The Kier molecular flexibility index (Phi) is 4.49. The molecule has 1 N–H and O–H groups in total. The molecule has 0 atom stereocenters. The van der Waals surface area contributed by atoms with E-state index in [2.05, 4.69) is 5.43 Å². The maximum absolute atomic E-state index is 10.8. The number of amides is 2. The Hall–Kier alpha value is -1.57. The van der Waals surface area contributed by atoms with Crippen LogP contribution >= 0.6 is 0 Å². The molecule has 0 saturated heterocycles. The van der Waals surface area contributed by atoms with Crippen LogP contribution in [0.2, 0.25) is 0 Å². The number of rotatable bonds is 4. The second kappa shape index (κ2) is 5.23.